The van der Waals surface area contributed by atoms with Crippen LogP contribution in [-0.4, -0.2) is 48.2 Å². The minimum absolute atomic E-state index is 0.0200. The molecule has 1 saturated heterocycles. The van der Waals surface area contributed by atoms with E-state index in [9.17, 15) is 26.7 Å². The lowest BCUT2D eigenvalue weighted by Gasteiger charge is -2.38. The summed E-state index contributed by atoms with van der Waals surface area (Å²) in [5.74, 6) is -0.351. The van der Waals surface area contributed by atoms with Gasteiger partial charge >= 0.3 is 6.18 Å². The molecular formula is C24H32F3N5O3S. The predicted octanol–water partition coefficient (Wildman–Crippen LogP) is 4.51. The van der Waals surface area contributed by atoms with Gasteiger partial charge in [-0.3, -0.25) is 0 Å². The lowest BCUT2D eigenvalue weighted by Crippen LogP contribution is -2.47. The van der Waals surface area contributed by atoms with Crippen LogP contribution >= 0.6 is 0 Å². The Kier molecular flexibility index (Phi) is 7.50. The monoisotopic (exact) mass is 527 g/mol. The average Bonchev–Trinajstić information content (AvgIpc) is 2.79. The molecule has 1 aromatic heterocycles. The smallest absolute Gasteiger partial charge is 0.388 e. The second-order valence-corrected chi connectivity index (χ2v) is 11.7. The van der Waals surface area contributed by atoms with E-state index in [1.807, 2.05) is 0 Å². The highest BCUT2D eigenvalue weighted by atomic mass is 32.2. The number of halogens is 3. The molecule has 36 heavy (non-hydrogen) atoms. The summed E-state index contributed by atoms with van der Waals surface area (Å²) in [5.41, 5.74) is -1.04. The zero-order valence-corrected chi connectivity index (χ0v) is 21.2. The number of nitrogens with zero attached hydrogens (tertiary/aromatic N) is 3. The van der Waals surface area contributed by atoms with E-state index in [-0.39, 0.29) is 29.2 Å². The molecule has 8 nitrogen and oxygen atoms in total. The number of sulfonamides is 1. The standard InChI is InChI=1S/C24H32F3N5O3S/c1-16-13-18(36(34,35)31-17-7-4-3-5-8-17)9-10-20(16)29-22-28-14-19(24(25,26)27)21(30-22)32-12-6-11-23(2,33)15-32/h9-10,13-14,17,31,33H,3-8,11-12,15H2,1-2H3,(H,28,29,30)/t23-/m0/s1. The maximum Gasteiger partial charge on any atom is 0.421 e. The normalized spacial score (nSPS) is 22.0. The van der Waals surface area contributed by atoms with Gasteiger partial charge in [0, 0.05) is 31.0 Å². The lowest BCUT2D eigenvalue weighted by atomic mass is 9.95. The Labute approximate surface area is 209 Å². The predicted molar refractivity (Wildman–Crippen MR) is 131 cm³/mol. The summed E-state index contributed by atoms with van der Waals surface area (Å²) >= 11 is 0. The van der Waals surface area contributed by atoms with Gasteiger partial charge in [-0.25, -0.2) is 18.1 Å². The molecule has 0 unspecified atom stereocenters. The highest BCUT2D eigenvalue weighted by Gasteiger charge is 2.39. The number of piperidine rings is 1. The Morgan fingerprint density at radius 1 is 1.17 bits per heavy atom. The van der Waals surface area contributed by atoms with Crippen LogP contribution in [0.2, 0.25) is 0 Å². The van der Waals surface area contributed by atoms with Gasteiger partial charge in [-0.1, -0.05) is 19.3 Å². The van der Waals surface area contributed by atoms with Crippen molar-refractivity contribution in [3.63, 3.8) is 0 Å². The molecular weight excluding hydrogens is 495 g/mol. The van der Waals surface area contributed by atoms with E-state index in [1.165, 1.54) is 17.0 Å². The summed E-state index contributed by atoms with van der Waals surface area (Å²) in [6, 6.07) is 4.45. The minimum atomic E-state index is -4.66. The van der Waals surface area contributed by atoms with E-state index in [1.54, 1.807) is 19.9 Å². The van der Waals surface area contributed by atoms with E-state index in [4.69, 9.17) is 0 Å². The maximum atomic E-state index is 13.7. The van der Waals surface area contributed by atoms with E-state index >= 15 is 0 Å². The zero-order chi connectivity index (χ0) is 26.1. The largest absolute Gasteiger partial charge is 0.421 e. The molecule has 3 N–H and O–H groups in total. The number of aryl methyl sites for hydroxylation is 1. The molecule has 0 spiro atoms. The molecule has 2 aliphatic rings. The first-order chi connectivity index (χ1) is 16.8. The number of hydrogen-bond donors (Lipinski definition) is 3. The first-order valence-electron chi connectivity index (χ1n) is 12.2. The van der Waals surface area contributed by atoms with Crippen LogP contribution in [-0.2, 0) is 16.2 Å². The molecule has 0 radical (unpaired) electrons. The summed E-state index contributed by atoms with van der Waals surface area (Å²) in [6.45, 7) is 3.64. The van der Waals surface area contributed by atoms with Crippen LogP contribution in [0.15, 0.2) is 29.3 Å². The second-order valence-electron chi connectivity index (χ2n) is 10.0. The van der Waals surface area contributed by atoms with Gasteiger partial charge in [0.1, 0.15) is 11.4 Å². The number of nitrogens with one attached hydrogen (secondary N) is 2. The van der Waals surface area contributed by atoms with Gasteiger partial charge in [0.05, 0.1) is 10.5 Å². The molecule has 1 aliphatic carbocycles. The van der Waals surface area contributed by atoms with Crippen LogP contribution < -0.4 is 14.9 Å². The third-order valence-electron chi connectivity index (χ3n) is 6.73. The van der Waals surface area contributed by atoms with Crippen LogP contribution in [0.3, 0.4) is 0 Å². The fourth-order valence-corrected chi connectivity index (χ4v) is 6.24. The van der Waals surface area contributed by atoms with Crippen molar-refractivity contribution in [1.82, 2.24) is 14.7 Å². The van der Waals surface area contributed by atoms with Crippen molar-refractivity contribution >= 4 is 27.5 Å². The Balaban J connectivity index is 1.57. The molecule has 0 bridgehead atoms. The van der Waals surface area contributed by atoms with Crippen molar-refractivity contribution in [2.75, 3.05) is 23.3 Å². The SMILES string of the molecule is Cc1cc(S(=O)(=O)NC2CCCCC2)ccc1Nc1ncc(C(F)(F)F)c(N2CCC[C@](C)(O)C2)n1. The number of β-amino-alcohol motifs (C(OH)–C–C–N with tert-alkyl or cyclic N) is 1. The number of benzene rings is 1. The molecule has 1 saturated carbocycles. The topological polar surface area (TPSA) is 107 Å². The van der Waals surface area contributed by atoms with Crippen LogP contribution in [0.25, 0.3) is 0 Å². The van der Waals surface area contributed by atoms with Gasteiger partial charge in [0.15, 0.2) is 0 Å². The number of aliphatic hydroxyl groups is 1. The van der Waals surface area contributed by atoms with Gasteiger partial charge in [0.25, 0.3) is 0 Å². The molecule has 1 aliphatic heterocycles. The third-order valence-corrected chi connectivity index (χ3v) is 8.25. The molecule has 1 aromatic carbocycles. The molecule has 12 heteroatoms. The van der Waals surface area contributed by atoms with Crippen LogP contribution in [0.1, 0.15) is 63.0 Å². The van der Waals surface area contributed by atoms with E-state index in [0.717, 1.165) is 38.3 Å². The third kappa shape index (κ3) is 6.27. The molecule has 2 aromatic rings. The average molecular weight is 528 g/mol. The molecule has 4 rings (SSSR count). The fraction of sp³-hybridized carbons (Fsp3) is 0.583. The van der Waals surface area contributed by atoms with Crippen molar-refractivity contribution in [2.45, 2.75) is 81.5 Å². The summed E-state index contributed by atoms with van der Waals surface area (Å²) in [5, 5.41) is 13.3. The molecule has 2 heterocycles. The Morgan fingerprint density at radius 2 is 1.89 bits per heavy atom. The Bertz CT molecular complexity index is 1200. The number of anilines is 3. The van der Waals surface area contributed by atoms with Crippen LogP contribution in [0.5, 0.6) is 0 Å². The van der Waals surface area contributed by atoms with Crippen molar-refractivity contribution in [3.05, 3.63) is 35.5 Å². The van der Waals surface area contributed by atoms with Crippen molar-refractivity contribution in [2.24, 2.45) is 0 Å². The molecule has 2 fully saturated rings. The van der Waals surface area contributed by atoms with E-state index < -0.39 is 27.4 Å². The van der Waals surface area contributed by atoms with Gasteiger partial charge in [-0.15, -0.1) is 0 Å². The number of hydrogen-bond acceptors (Lipinski definition) is 7. The Morgan fingerprint density at radius 3 is 2.53 bits per heavy atom. The van der Waals surface area contributed by atoms with E-state index in [0.29, 0.717) is 30.6 Å². The molecule has 1 atom stereocenters. The molecule has 198 valence electrons. The summed E-state index contributed by atoms with van der Waals surface area (Å²) in [6.07, 6.45) is 1.84. The molecule has 0 amide bonds. The maximum absolute atomic E-state index is 13.7. The van der Waals surface area contributed by atoms with Gasteiger partial charge in [0.2, 0.25) is 16.0 Å². The quantitative estimate of drug-likeness (QED) is 0.507. The first-order valence-corrected chi connectivity index (χ1v) is 13.6. The van der Waals surface area contributed by atoms with Gasteiger partial charge in [-0.2, -0.15) is 18.2 Å². The minimum Gasteiger partial charge on any atom is -0.388 e. The number of aromatic nitrogens is 2. The Hall–Kier alpha value is -2.44. The van der Waals surface area contributed by atoms with Crippen LogP contribution in [0.4, 0.5) is 30.6 Å². The number of alkyl halides is 3. The number of rotatable bonds is 6. The highest BCUT2D eigenvalue weighted by Crippen LogP contribution is 2.38. The highest BCUT2D eigenvalue weighted by molar-refractivity contribution is 7.89. The van der Waals surface area contributed by atoms with Gasteiger partial charge in [-0.05, 0) is 63.3 Å². The fourth-order valence-electron chi connectivity index (χ4n) is 4.85. The van der Waals surface area contributed by atoms with Crippen molar-refractivity contribution in [1.29, 1.82) is 0 Å². The van der Waals surface area contributed by atoms with Crippen molar-refractivity contribution in [3.8, 4) is 0 Å². The first kappa shape index (κ1) is 26.6. The second kappa shape index (κ2) is 10.1. The summed E-state index contributed by atoms with van der Waals surface area (Å²) < 4.78 is 69.5. The van der Waals surface area contributed by atoms with E-state index in [2.05, 4.69) is 20.0 Å². The van der Waals surface area contributed by atoms with Crippen molar-refractivity contribution < 1.29 is 26.7 Å². The summed E-state index contributed by atoms with van der Waals surface area (Å²) in [7, 11) is -3.69. The van der Waals surface area contributed by atoms with Crippen LogP contribution in [0, 0.1) is 6.92 Å². The van der Waals surface area contributed by atoms with Gasteiger partial charge < -0.3 is 15.3 Å². The zero-order valence-electron chi connectivity index (χ0n) is 20.4. The lowest BCUT2D eigenvalue weighted by molar-refractivity contribution is -0.137. The summed E-state index contributed by atoms with van der Waals surface area (Å²) in [4.78, 5) is 9.57.